The van der Waals surface area contributed by atoms with Crippen LogP contribution in [0.1, 0.15) is 11.1 Å². The fourth-order valence-corrected chi connectivity index (χ4v) is 3.17. The number of hydrogen-bond acceptors (Lipinski definition) is 2. The van der Waals surface area contributed by atoms with Crippen molar-refractivity contribution in [1.29, 1.82) is 0 Å². The van der Waals surface area contributed by atoms with Crippen LogP contribution in [0.2, 0.25) is 20.1 Å². The van der Waals surface area contributed by atoms with E-state index in [1.807, 2.05) is 0 Å². The molecule has 0 unspecified atom stereocenters. The normalized spacial score (nSPS) is 12.6. The van der Waals surface area contributed by atoms with Gasteiger partial charge in [0.05, 0.1) is 0 Å². The van der Waals surface area contributed by atoms with Gasteiger partial charge in [-0.05, 0) is 47.5 Å². The Balaban J connectivity index is 2.15. The summed E-state index contributed by atoms with van der Waals surface area (Å²) in [6, 6.07) is 9.66. The van der Waals surface area contributed by atoms with Gasteiger partial charge in [-0.25, -0.2) is 0 Å². The van der Waals surface area contributed by atoms with Crippen LogP contribution < -0.4 is 21.8 Å². The Morgan fingerprint density at radius 2 is 1.04 bits per heavy atom. The van der Waals surface area contributed by atoms with E-state index in [0.717, 1.165) is 0 Å². The van der Waals surface area contributed by atoms with Crippen molar-refractivity contribution >= 4 is 58.6 Å². The van der Waals surface area contributed by atoms with Gasteiger partial charge in [-0.15, -0.1) is 0 Å². The number of benzene rings is 2. The van der Waals surface area contributed by atoms with E-state index >= 15 is 0 Å². The van der Waals surface area contributed by atoms with Crippen LogP contribution in [0.5, 0.6) is 0 Å². The Bertz CT molecular complexity index is 1130. The molecule has 0 fully saturated rings. The lowest BCUT2D eigenvalue weighted by molar-refractivity contribution is 1.00. The Hall–Kier alpha value is -1.98. The molecule has 132 valence electrons. The number of halogens is 4. The molecule has 0 aliphatic carbocycles. The van der Waals surface area contributed by atoms with Crippen molar-refractivity contribution in [2.24, 2.45) is 0 Å². The summed E-state index contributed by atoms with van der Waals surface area (Å²) >= 11 is 23.9. The zero-order valence-corrected chi connectivity index (χ0v) is 16.0. The standard InChI is InChI=1S/C18H10Cl4N2O2/c19-11-3-1-9(13(21)7-11)5-15-17(25)24-16(18(26)23-15)6-10-2-4-12(20)8-14(10)22/h1-8H,(H,23,26)(H,24,25)/b15-5+,16-6?. The molecule has 26 heavy (non-hydrogen) atoms. The van der Waals surface area contributed by atoms with E-state index in [4.69, 9.17) is 46.4 Å². The van der Waals surface area contributed by atoms with E-state index in [0.29, 0.717) is 31.2 Å². The third kappa shape index (κ3) is 4.22. The molecule has 0 aliphatic rings. The third-order valence-corrected chi connectivity index (χ3v) is 4.64. The van der Waals surface area contributed by atoms with Gasteiger partial charge < -0.3 is 9.97 Å². The molecule has 2 N–H and O–H groups in total. The third-order valence-electron chi connectivity index (χ3n) is 3.51. The molecular formula is C18H10Cl4N2O2. The average molecular weight is 428 g/mol. The SMILES string of the molecule is O=c1[nH]/c(=C/c2ccc(Cl)cc2Cl)c(=O)[nH]c1=Cc1ccc(Cl)cc1Cl. The molecule has 0 saturated carbocycles. The van der Waals surface area contributed by atoms with Crippen LogP contribution in [0, 0.1) is 0 Å². The van der Waals surface area contributed by atoms with Crippen LogP contribution in [-0.2, 0) is 0 Å². The number of hydrogen-bond donors (Lipinski definition) is 2. The van der Waals surface area contributed by atoms with E-state index in [2.05, 4.69) is 9.97 Å². The summed E-state index contributed by atoms with van der Waals surface area (Å²) in [5, 5.41) is 1.80. The topological polar surface area (TPSA) is 65.7 Å². The predicted octanol–water partition coefficient (Wildman–Crippen LogP) is 3.33. The first-order chi connectivity index (χ1) is 12.3. The minimum atomic E-state index is -0.480. The van der Waals surface area contributed by atoms with Crippen molar-refractivity contribution in [1.82, 2.24) is 9.97 Å². The lowest BCUT2D eigenvalue weighted by Gasteiger charge is -1.99. The maximum atomic E-state index is 12.3. The molecule has 0 spiro atoms. The summed E-state index contributed by atoms with van der Waals surface area (Å²) in [7, 11) is 0. The minimum absolute atomic E-state index is 0.0681. The Morgan fingerprint density at radius 3 is 1.38 bits per heavy atom. The van der Waals surface area contributed by atoms with Gasteiger partial charge in [-0.1, -0.05) is 58.5 Å². The van der Waals surface area contributed by atoms with Crippen LogP contribution in [0.25, 0.3) is 12.2 Å². The summed E-state index contributed by atoms with van der Waals surface area (Å²) < 4.78 is 0. The highest BCUT2D eigenvalue weighted by molar-refractivity contribution is 6.36. The smallest absolute Gasteiger partial charge is 0.272 e. The molecule has 8 heteroatoms. The Labute approximate surface area is 167 Å². The van der Waals surface area contributed by atoms with Crippen molar-refractivity contribution in [2.45, 2.75) is 0 Å². The molecule has 2 aromatic carbocycles. The molecule has 3 rings (SSSR count). The highest BCUT2D eigenvalue weighted by Gasteiger charge is 2.02. The number of rotatable bonds is 2. The van der Waals surface area contributed by atoms with Crippen LogP contribution in [0.15, 0.2) is 46.0 Å². The average Bonchev–Trinajstić information content (AvgIpc) is 2.57. The van der Waals surface area contributed by atoms with Gasteiger partial charge >= 0.3 is 0 Å². The molecule has 0 aliphatic heterocycles. The Morgan fingerprint density at radius 1 is 0.654 bits per heavy atom. The second-order valence-electron chi connectivity index (χ2n) is 5.36. The molecule has 0 radical (unpaired) electrons. The van der Waals surface area contributed by atoms with Gasteiger partial charge in [-0.3, -0.25) is 9.59 Å². The highest BCUT2D eigenvalue weighted by Crippen LogP contribution is 2.21. The second kappa shape index (κ2) is 7.72. The van der Waals surface area contributed by atoms with Gasteiger partial charge in [0.2, 0.25) is 0 Å². The van der Waals surface area contributed by atoms with Crippen LogP contribution in [0.4, 0.5) is 0 Å². The van der Waals surface area contributed by atoms with Gasteiger partial charge in [0.25, 0.3) is 11.1 Å². The Kier molecular flexibility index (Phi) is 5.58. The molecule has 1 heterocycles. The van der Waals surface area contributed by atoms with Crippen molar-refractivity contribution in [2.75, 3.05) is 0 Å². The zero-order chi connectivity index (χ0) is 18.8. The minimum Gasteiger partial charge on any atom is -0.316 e. The molecular weight excluding hydrogens is 418 g/mol. The maximum absolute atomic E-state index is 12.3. The predicted molar refractivity (Wildman–Crippen MR) is 107 cm³/mol. The first kappa shape index (κ1) is 18.8. The first-order valence-electron chi connectivity index (χ1n) is 7.29. The lowest BCUT2D eigenvalue weighted by atomic mass is 10.2. The van der Waals surface area contributed by atoms with Crippen molar-refractivity contribution in [3.8, 4) is 0 Å². The van der Waals surface area contributed by atoms with Crippen molar-refractivity contribution in [3.05, 3.63) is 99.0 Å². The van der Waals surface area contributed by atoms with E-state index in [1.54, 1.807) is 36.4 Å². The van der Waals surface area contributed by atoms with Gasteiger partial charge in [0.15, 0.2) is 0 Å². The van der Waals surface area contributed by atoms with Gasteiger partial charge in [0.1, 0.15) is 10.7 Å². The number of nitrogens with one attached hydrogen (secondary N) is 2. The second-order valence-corrected chi connectivity index (χ2v) is 7.04. The van der Waals surface area contributed by atoms with E-state index in [1.165, 1.54) is 12.2 Å². The lowest BCUT2D eigenvalue weighted by Crippen LogP contribution is -2.46. The summed E-state index contributed by atoms with van der Waals surface area (Å²) in [5.74, 6) is 0. The number of H-pyrrole nitrogens is 2. The fraction of sp³-hybridized carbons (Fsp3) is 0. The molecule has 4 nitrogen and oxygen atoms in total. The molecule has 0 saturated heterocycles. The van der Waals surface area contributed by atoms with Crippen LogP contribution in [-0.4, -0.2) is 9.97 Å². The molecule has 1 aromatic heterocycles. The zero-order valence-electron chi connectivity index (χ0n) is 12.9. The largest absolute Gasteiger partial charge is 0.316 e. The van der Waals surface area contributed by atoms with Crippen LogP contribution >= 0.6 is 46.4 Å². The molecule has 3 aromatic rings. The summed E-state index contributed by atoms with van der Waals surface area (Å²) in [6.07, 6.45) is 2.94. The van der Waals surface area contributed by atoms with E-state index in [9.17, 15) is 9.59 Å². The summed E-state index contributed by atoms with van der Waals surface area (Å²) in [6.45, 7) is 0. The van der Waals surface area contributed by atoms with Crippen LogP contribution in [0.3, 0.4) is 0 Å². The summed E-state index contributed by atoms with van der Waals surface area (Å²) in [4.78, 5) is 29.7. The number of aromatic amines is 2. The highest BCUT2D eigenvalue weighted by atomic mass is 35.5. The summed E-state index contributed by atoms with van der Waals surface area (Å²) in [5.41, 5.74) is 0.142. The number of aromatic nitrogens is 2. The monoisotopic (exact) mass is 426 g/mol. The van der Waals surface area contributed by atoms with Crippen molar-refractivity contribution < 1.29 is 0 Å². The van der Waals surface area contributed by atoms with E-state index < -0.39 is 11.1 Å². The maximum Gasteiger partial charge on any atom is 0.272 e. The molecule has 0 amide bonds. The quantitative estimate of drug-likeness (QED) is 0.658. The fourth-order valence-electron chi connectivity index (χ4n) is 2.24. The van der Waals surface area contributed by atoms with Crippen molar-refractivity contribution in [3.63, 3.8) is 0 Å². The van der Waals surface area contributed by atoms with Gasteiger partial charge in [-0.2, -0.15) is 0 Å². The van der Waals surface area contributed by atoms with E-state index in [-0.39, 0.29) is 10.7 Å². The first-order valence-corrected chi connectivity index (χ1v) is 8.81. The van der Waals surface area contributed by atoms with Gasteiger partial charge in [0, 0.05) is 20.1 Å². The molecule has 0 bridgehead atoms. The molecule has 0 atom stereocenters.